The summed E-state index contributed by atoms with van der Waals surface area (Å²) in [6, 6.07) is 1.74. The summed E-state index contributed by atoms with van der Waals surface area (Å²) < 4.78 is 5.47. The molecule has 0 saturated carbocycles. The van der Waals surface area contributed by atoms with Crippen LogP contribution in [0, 0.1) is 0 Å². The molecule has 2 heterocycles. The molecule has 7 heteroatoms. The van der Waals surface area contributed by atoms with Gasteiger partial charge in [-0.25, -0.2) is 14.8 Å². The number of likely N-dealkylation sites (tertiary alicyclic amines) is 1. The first-order valence-electron chi connectivity index (χ1n) is 7.45. The maximum absolute atomic E-state index is 12.3. The van der Waals surface area contributed by atoms with Crippen LogP contribution in [0.4, 0.5) is 10.7 Å². The van der Waals surface area contributed by atoms with E-state index in [0.717, 1.165) is 19.4 Å². The Morgan fingerprint density at radius 1 is 1.55 bits per heavy atom. The summed E-state index contributed by atoms with van der Waals surface area (Å²) >= 11 is 5.90. The van der Waals surface area contributed by atoms with Gasteiger partial charge in [-0.15, -0.1) is 0 Å². The number of likely N-dealkylation sites (N-methyl/N-ethyl adjacent to an activating group) is 1. The van der Waals surface area contributed by atoms with Crippen LogP contribution in [0.5, 0.6) is 0 Å². The number of aromatic nitrogens is 2. The largest absolute Gasteiger partial charge is 0.444 e. The second-order valence-electron chi connectivity index (χ2n) is 6.53. The number of hydrogen-bond donors (Lipinski definition) is 0. The topological polar surface area (TPSA) is 58.6 Å². The molecule has 122 valence electrons. The Labute approximate surface area is 136 Å². The summed E-state index contributed by atoms with van der Waals surface area (Å²) in [6.45, 7) is 7.01. The second-order valence-corrected chi connectivity index (χ2v) is 6.92. The average molecular weight is 327 g/mol. The number of amides is 1. The molecule has 0 aromatic carbocycles. The van der Waals surface area contributed by atoms with Gasteiger partial charge >= 0.3 is 6.09 Å². The predicted octanol–water partition coefficient (Wildman–Crippen LogP) is 2.97. The molecule has 0 radical (unpaired) electrons. The van der Waals surface area contributed by atoms with Gasteiger partial charge in [0.1, 0.15) is 10.8 Å². The van der Waals surface area contributed by atoms with E-state index in [1.165, 1.54) is 0 Å². The molecule has 0 aliphatic carbocycles. The first-order valence-corrected chi connectivity index (χ1v) is 7.83. The third kappa shape index (κ3) is 4.47. The number of carbonyl (C=O) groups excluding carboxylic acids is 1. The highest BCUT2D eigenvalue weighted by molar-refractivity contribution is 6.29. The zero-order valence-corrected chi connectivity index (χ0v) is 14.3. The number of anilines is 1. The van der Waals surface area contributed by atoms with Gasteiger partial charge in [-0.05, 0) is 39.7 Å². The molecular formula is C15H23ClN4O2. The van der Waals surface area contributed by atoms with Gasteiger partial charge in [0.2, 0.25) is 5.95 Å². The Balaban J connectivity index is 2.00. The van der Waals surface area contributed by atoms with E-state index >= 15 is 0 Å². The number of ether oxygens (including phenoxy) is 1. The van der Waals surface area contributed by atoms with E-state index in [-0.39, 0.29) is 12.1 Å². The van der Waals surface area contributed by atoms with Crippen molar-refractivity contribution in [1.82, 2.24) is 14.9 Å². The number of hydrogen-bond acceptors (Lipinski definition) is 5. The van der Waals surface area contributed by atoms with Crippen LogP contribution in [0.15, 0.2) is 12.3 Å². The maximum atomic E-state index is 12.3. The molecule has 2 rings (SSSR count). The lowest BCUT2D eigenvalue weighted by atomic mass is 10.2. The minimum Gasteiger partial charge on any atom is -0.444 e. The van der Waals surface area contributed by atoms with E-state index in [9.17, 15) is 4.79 Å². The van der Waals surface area contributed by atoms with Crippen LogP contribution < -0.4 is 4.90 Å². The van der Waals surface area contributed by atoms with Crippen LogP contribution in [0.25, 0.3) is 0 Å². The predicted molar refractivity (Wildman–Crippen MR) is 86.3 cm³/mol. The number of rotatable bonds is 3. The fourth-order valence-electron chi connectivity index (χ4n) is 2.50. The van der Waals surface area contributed by atoms with Gasteiger partial charge < -0.3 is 14.5 Å². The van der Waals surface area contributed by atoms with Gasteiger partial charge in [-0.1, -0.05) is 11.6 Å². The van der Waals surface area contributed by atoms with Crippen LogP contribution >= 0.6 is 11.6 Å². The molecule has 0 spiro atoms. The molecule has 0 bridgehead atoms. The minimum atomic E-state index is -0.480. The van der Waals surface area contributed by atoms with Gasteiger partial charge in [0.05, 0.1) is 6.04 Å². The quantitative estimate of drug-likeness (QED) is 0.799. The standard InChI is InChI=1S/C15H23ClN4O2/c1-15(2,3)22-14(21)20-9-5-6-11(20)10-19(4)13-17-8-7-12(16)18-13/h7-8,11H,5-6,9-10H2,1-4H3/t11-/m0/s1. The Hall–Kier alpha value is -1.56. The lowest BCUT2D eigenvalue weighted by Crippen LogP contribution is -2.44. The van der Waals surface area contributed by atoms with E-state index in [0.29, 0.717) is 17.6 Å². The first-order chi connectivity index (χ1) is 10.3. The van der Waals surface area contributed by atoms with Crippen LogP contribution in [0.3, 0.4) is 0 Å². The average Bonchev–Trinajstić information content (AvgIpc) is 2.85. The van der Waals surface area contributed by atoms with Gasteiger partial charge in [0.15, 0.2) is 0 Å². The number of halogens is 1. The monoisotopic (exact) mass is 326 g/mol. The van der Waals surface area contributed by atoms with Crippen molar-refractivity contribution in [2.24, 2.45) is 0 Å². The lowest BCUT2D eigenvalue weighted by molar-refractivity contribution is 0.0231. The number of carbonyl (C=O) groups is 1. The molecule has 1 fully saturated rings. The molecule has 22 heavy (non-hydrogen) atoms. The molecule has 6 nitrogen and oxygen atoms in total. The van der Waals surface area contributed by atoms with Crippen molar-refractivity contribution in [3.8, 4) is 0 Å². The molecule has 1 aromatic heterocycles. The summed E-state index contributed by atoms with van der Waals surface area (Å²) in [5.41, 5.74) is -0.480. The van der Waals surface area contributed by atoms with Crippen molar-refractivity contribution < 1.29 is 9.53 Å². The van der Waals surface area contributed by atoms with E-state index < -0.39 is 5.60 Å². The Bertz CT molecular complexity index is 533. The maximum Gasteiger partial charge on any atom is 0.410 e. The van der Waals surface area contributed by atoms with Crippen LogP contribution in [-0.2, 0) is 4.74 Å². The van der Waals surface area contributed by atoms with Crippen LogP contribution in [0.1, 0.15) is 33.6 Å². The zero-order chi connectivity index (χ0) is 16.3. The Morgan fingerprint density at radius 3 is 2.91 bits per heavy atom. The van der Waals surface area contributed by atoms with Crippen molar-refractivity contribution in [2.75, 3.05) is 25.0 Å². The summed E-state index contributed by atoms with van der Waals surface area (Å²) in [6.07, 6.45) is 3.30. The highest BCUT2D eigenvalue weighted by Gasteiger charge is 2.33. The molecule has 1 saturated heterocycles. The van der Waals surface area contributed by atoms with Gasteiger partial charge in [-0.2, -0.15) is 0 Å². The van der Waals surface area contributed by atoms with Crippen molar-refractivity contribution in [1.29, 1.82) is 0 Å². The molecule has 0 N–H and O–H groups in total. The molecule has 1 aliphatic heterocycles. The molecule has 1 aliphatic rings. The summed E-state index contributed by atoms with van der Waals surface area (Å²) in [7, 11) is 1.90. The third-order valence-corrected chi connectivity index (χ3v) is 3.65. The highest BCUT2D eigenvalue weighted by Crippen LogP contribution is 2.22. The smallest absolute Gasteiger partial charge is 0.410 e. The zero-order valence-electron chi connectivity index (χ0n) is 13.5. The van der Waals surface area contributed by atoms with E-state index in [2.05, 4.69) is 9.97 Å². The fourth-order valence-corrected chi connectivity index (χ4v) is 2.63. The highest BCUT2D eigenvalue weighted by atomic mass is 35.5. The molecule has 0 unspecified atom stereocenters. The Kier molecular flexibility index (Phi) is 5.11. The molecule has 1 atom stereocenters. The number of nitrogens with zero attached hydrogens (tertiary/aromatic N) is 4. The van der Waals surface area contributed by atoms with Crippen molar-refractivity contribution in [3.63, 3.8) is 0 Å². The fraction of sp³-hybridized carbons (Fsp3) is 0.667. The lowest BCUT2D eigenvalue weighted by Gasteiger charge is -2.30. The SMILES string of the molecule is CN(C[C@@H]1CCCN1C(=O)OC(C)(C)C)c1nccc(Cl)n1. The second kappa shape index (κ2) is 6.69. The van der Waals surface area contributed by atoms with E-state index in [1.807, 2.05) is 32.7 Å². The summed E-state index contributed by atoms with van der Waals surface area (Å²) in [5, 5.41) is 0.410. The van der Waals surface area contributed by atoms with E-state index in [4.69, 9.17) is 16.3 Å². The molecular weight excluding hydrogens is 304 g/mol. The van der Waals surface area contributed by atoms with Crippen molar-refractivity contribution in [3.05, 3.63) is 17.4 Å². The van der Waals surface area contributed by atoms with Gasteiger partial charge in [0, 0.05) is 26.3 Å². The Morgan fingerprint density at radius 2 is 2.27 bits per heavy atom. The van der Waals surface area contributed by atoms with Crippen molar-refractivity contribution in [2.45, 2.75) is 45.3 Å². The van der Waals surface area contributed by atoms with Crippen molar-refractivity contribution >= 4 is 23.6 Å². The van der Waals surface area contributed by atoms with Gasteiger partial charge in [0.25, 0.3) is 0 Å². The summed E-state index contributed by atoms with van der Waals surface area (Å²) in [5.74, 6) is 0.559. The van der Waals surface area contributed by atoms with Crippen LogP contribution in [0.2, 0.25) is 5.15 Å². The third-order valence-electron chi connectivity index (χ3n) is 3.44. The normalized spacial score (nSPS) is 18.4. The van der Waals surface area contributed by atoms with E-state index in [1.54, 1.807) is 17.2 Å². The molecule has 1 aromatic rings. The van der Waals surface area contributed by atoms with Crippen LogP contribution in [-0.4, -0.2) is 52.7 Å². The first kappa shape index (κ1) is 16.8. The minimum absolute atomic E-state index is 0.0995. The van der Waals surface area contributed by atoms with Gasteiger partial charge in [-0.3, -0.25) is 0 Å². The summed E-state index contributed by atoms with van der Waals surface area (Å²) in [4.78, 5) is 24.4. The molecule has 1 amide bonds.